The molecule has 0 spiro atoms. The minimum atomic E-state index is 0.209. The minimum absolute atomic E-state index is 0.209. The highest BCUT2D eigenvalue weighted by molar-refractivity contribution is 6.30. The third-order valence-corrected chi connectivity index (χ3v) is 3.36. The minimum Gasteiger partial charge on any atom is -0.309 e. The Morgan fingerprint density at radius 2 is 2.00 bits per heavy atom. The number of aromatic nitrogens is 3. The molecule has 2 rings (SSSR count). The Morgan fingerprint density at radius 1 is 1.32 bits per heavy atom. The molecule has 1 N–H and O–H groups in total. The molecule has 1 aromatic heterocycles. The SMILES string of the molecule is CCCNC(C)c1nnn(-c2ccc(Cl)cc2)c1C. The Morgan fingerprint density at radius 3 is 2.63 bits per heavy atom. The van der Waals surface area contributed by atoms with Gasteiger partial charge in [-0.25, -0.2) is 4.68 Å². The van der Waals surface area contributed by atoms with Gasteiger partial charge in [0, 0.05) is 5.02 Å². The van der Waals surface area contributed by atoms with Crippen molar-refractivity contribution < 1.29 is 0 Å². The largest absolute Gasteiger partial charge is 0.309 e. The molecular weight excluding hydrogens is 260 g/mol. The highest BCUT2D eigenvalue weighted by Crippen LogP contribution is 2.19. The second-order valence-corrected chi connectivity index (χ2v) is 5.06. The topological polar surface area (TPSA) is 42.7 Å². The first kappa shape index (κ1) is 14.0. The fourth-order valence-corrected chi connectivity index (χ4v) is 2.15. The van der Waals surface area contributed by atoms with Crippen molar-refractivity contribution >= 4 is 11.6 Å². The Kier molecular flexibility index (Phi) is 4.56. The van der Waals surface area contributed by atoms with Crippen molar-refractivity contribution in [3.63, 3.8) is 0 Å². The molecule has 5 heteroatoms. The van der Waals surface area contributed by atoms with Gasteiger partial charge in [-0.2, -0.15) is 0 Å². The first-order valence-electron chi connectivity index (χ1n) is 6.55. The quantitative estimate of drug-likeness (QED) is 0.913. The number of benzene rings is 1. The lowest BCUT2D eigenvalue weighted by Crippen LogP contribution is -2.20. The van der Waals surface area contributed by atoms with E-state index in [0.29, 0.717) is 0 Å². The molecule has 0 aliphatic heterocycles. The highest BCUT2D eigenvalue weighted by Gasteiger charge is 2.15. The van der Waals surface area contributed by atoms with Gasteiger partial charge < -0.3 is 5.32 Å². The van der Waals surface area contributed by atoms with Gasteiger partial charge in [0.25, 0.3) is 0 Å². The van der Waals surface area contributed by atoms with Gasteiger partial charge in [-0.3, -0.25) is 0 Å². The van der Waals surface area contributed by atoms with Crippen molar-refractivity contribution in [2.75, 3.05) is 6.54 Å². The van der Waals surface area contributed by atoms with E-state index in [1.807, 2.05) is 35.9 Å². The summed E-state index contributed by atoms with van der Waals surface area (Å²) in [4.78, 5) is 0. The van der Waals surface area contributed by atoms with E-state index in [1.165, 1.54) is 0 Å². The summed E-state index contributed by atoms with van der Waals surface area (Å²) >= 11 is 5.90. The third kappa shape index (κ3) is 3.14. The van der Waals surface area contributed by atoms with Gasteiger partial charge in [0.1, 0.15) is 5.69 Å². The lowest BCUT2D eigenvalue weighted by atomic mass is 10.2. The number of nitrogens with one attached hydrogen (secondary N) is 1. The zero-order chi connectivity index (χ0) is 13.8. The van der Waals surface area contributed by atoms with E-state index < -0.39 is 0 Å². The van der Waals surface area contributed by atoms with Gasteiger partial charge in [-0.1, -0.05) is 23.7 Å². The summed E-state index contributed by atoms with van der Waals surface area (Å²) in [5.41, 5.74) is 3.02. The smallest absolute Gasteiger partial charge is 0.103 e. The predicted molar refractivity (Wildman–Crippen MR) is 77.8 cm³/mol. The van der Waals surface area contributed by atoms with Crippen LogP contribution < -0.4 is 5.32 Å². The molecule has 0 aliphatic rings. The van der Waals surface area contributed by atoms with E-state index in [-0.39, 0.29) is 6.04 Å². The molecule has 0 aliphatic carbocycles. The Labute approximate surface area is 118 Å². The van der Waals surface area contributed by atoms with Crippen LogP contribution in [0.3, 0.4) is 0 Å². The molecule has 0 saturated heterocycles. The number of hydrogen-bond donors (Lipinski definition) is 1. The fraction of sp³-hybridized carbons (Fsp3) is 0.429. The summed E-state index contributed by atoms with van der Waals surface area (Å²) in [6.45, 7) is 7.28. The number of nitrogens with zero attached hydrogens (tertiary/aromatic N) is 3. The van der Waals surface area contributed by atoms with Gasteiger partial charge in [0.05, 0.1) is 17.4 Å². The molecule has 102 valence electrons. The van der Waals surface area contributed by atoms with Crippen LogP contribution in [0.25, 0.3) is 5.69 Å². The highest BCUT2D eigenvalue weighted by atomic mass is 35.5. The van der Waals surface area contributed by atoms with Crippen LogP contribution in [-0.4, -0.2) is 21.5 Å². The van der Waals surface area contributed by atoms with Gasteiger partial charge in [0.2, 0.25) is 0 Å². The van der Waals surface area contributed by atoms with Crippen molar-refractivity contribution in [3.05, 3.63) is 40.7 Å². The van der Waals surface area contributed by atoms with E-state index in [2.05, 4.69) is 29.5 Å². The monoisotopic (exact) mass is 278 g/mol. The second kappa shape index (κ2) is 6.17. The molecule has 1 unspecified atom stereocenters. The predicted octanol–water partition coefficient (Wildman–Crippen LogP) is 3.29. The van der Waals surface area contributed by atoms with E-state index in [1.54, 1.807) is 0 Å². The Balaban J connectivity index is 2.25. The molecule has 0 bridgehead atoms. The molecule has 1 atom stereocenters. The number of rotatable bonds is 5. The summed E-state index contributed by atoms with van der Waals surface area (Å²) in [6.07, 6.45) is 1.11. The van der Waals surface area contributed by atoms with Crippen molar-refractivity contribution in [3.8, 4) is 5.69 Å². The number of hydrogen-bond acceptors (Lipinski definition) is 3. The number of halogens is 1. The van der Waals surface area contributed by atoms with Gasteiger partial charge >= 0.3 is 0 Å². The van der Waals surface area contributed by atoms with Crippen LogP contribution in [0.5, 0.6) is 0 Å². The molecule has 0 amide bonds. The van der Waals surface area contributed by atoms with Crippen LogP contribution in [0.15, 0.2) is 24.3 Å². The average Bonchev–Trinajstić information content (AvgIpc) is 2.79. The van der Waals surface area contributed by atoms with Crippen LogP contribution in [0.2, 0.25) is 5.02 Å². The van der Waals surface area contributed by atoms with Crippen molar-refractivity contribution in [2.45, 2.75) is 33.2 Å². The maximum atomic E-state index is 5.90. The van der Waals surface area contributed by atoms with Crippen LogP contribution in [-0.2, 0) is 0 Å². The first-order chi connectivity index (χ1) is 9.13. The summed E-state index contributed by atoms with van der Waals surface area (Å²) in [5, 5.41) is 12.7. The van der Waals surface area contributed by atoms with E-state index in [0.717, 1.165) is 35.1 Å². The van der Waals surface area contributed by atoms with E-state index in [4.69, 9.17) is 11.6 Å². The molecule has 2 aromatic rings. The van der Waals surface area contributed by atoms with Crippen LogP contribution in [0, 0.1) is 6.92 Å². The second-order valence-electron chi connectivity index (χ2n) is 4.62. The standard InChI is InChI=1S/C14H19ClN4/c1-4-9-16-10(2)14-11(3)19(18-17-14)13-7-5-12(15)6-8-13/h5-8,10,16H,4,9H2,1-3H3. The van der Waals surface area contributed by atoms with Crippen molar-refractivity contribution in [1.29, 1.82) is 0 Å². The fourth-order valence-electron chi connectivity index (χ4n) is 2.03. The van der Waals surface area contributed by atoms with Crippen molar-refractivity contribution in [2.24, 2.45) is 0 Å². The Bertz CT molecular complexity index is 533. The van der Waals surface area contributed by atoms with Crippen LogP contribution >= 0.6 is 11.6 Å². The maximum absolute atomic E-state index is 5.90. The third-order valence-electron chi connectivity index (χ3n) is 3.11. The zero-order valence-corrected chi connectivity index (χ0v) is 12.3. The van der Waals surface area contributed by atoms with Crippen molar-refractivity contribution in [1.82, 2.24) is 20.3 Å². The van der Waals surface area contributed by atoms with E-state index >= 15 is 0 Å². The molecule has 19 heavy (non-hydrogen) atoms. The summed E-state index contributed by atoms with van der Waals surface area (Å²) in [6, 6.07) is 7.81. The normalized spacial score (nSPS) is 12.6. The molecular formula is C14H19ClN4. The molecule has 1 aromatic carbocycles. The summed E-state index contributed by atoms with van der Waals surface area (Å²) in [5.74, 6) is 0. The molecule has 0 fully saturated rings. The molecule has 0 radical (unpaired) electrons. The van der Waals surface area contributed by atoms with Gasteiger partial charge in [0.15, 0.2) is 0 Å². The molecule has 1 heterocycles. The van der Waals surface area contributed by atoms with Crippen LogP contribution in [0.1, 0.15) is 37.7 Å². The van der Waals surface area contributed by atoms with Gasteiger partial charge in [-0.05, 0) is 51.1 Å². The average molecular weight is 279 g/mol. The first-order valence-corrected chi connectivity index (χ1v) is 6.92. The van der Waals surface area contributed by atoms with Crippen LogP contribution in [0.4, 0.5) is 0 Å². The molecule has 0 saturated carbocycles. The Hall–Kier alpha value is -1.39. The van der Waals surface area contributed by atoms with E-state index in [9.17, 15) is 0 Å². The maximum Gasteiger partial charge on any atom is 0.103 e. The molecule has 4 nitrogen and oxygen atoms in total. The lowest BCUT2D eigenvalue weighted by molar-refractivity contribution is 0.555. The van der Waals surface area contributed by atoms with Gasteiger partial charge in [-0.15, -0.1) is 5.10 Å². The lowest BCUT2D eigenvalue weighted by Gasteiger charge is -2.11. The summed E-state index contributed by atoms with van der Waals surface area (Å²) in [7, 11) is 0. The zero-order valence-electron chi connectivity index (χ0n) is 11.5. The summed E-state index contributed by atoms with van der Waals surface area (Å²) < 4.78 is 1.84.